The Morgan fingerprint density at radius 1 is 1.32 bits per heavy atom. The molecule has 2 N–H and O–H groups in total. The molecule has 0 spiro atoms. The lowest BCUT2D eigenvalue weighted by Crippen LogP contribution is -2.31. The Labute approximate surface area is 127 Å². The SMILES string of the molecule is CC1=CC(=O)C(=O)C(CC2CCCNC2)=C1.[N-]=[N+]=N.[N-]=[N+]=[N-]. The van der Waals surface area contributed by atoms with E-state index in [0.717, 1.165) is 37.9 Å². The Morgan fingerprint density at radius 3 is 2.41 bits per heavy atom. The maximum atomic E-state index is 11.7. The summed E-state index contributed by atoms with van der Waals surface area (Å²) >= 11 is 0. The summed E-state index contributed by atoms with van der Waals surface area (Å²) in [6, 6.07) is 0. The topological polar surface area (TPSA) is 165 Å². The van der Waals surface area contributed by atoms with Crippen molar-refractivity contribution < 1.29 is 9.59 Å². The molecule has 118 valence electrons. The lowest BCUT2D eigenvalue weighted by molar-refractivity contribution is -0.131. The third kappa shape index (κ3) is 7.25. The Hall–Kier alpha value is -2.60. The van der Waals surface area contributed by atoms with Gasteiger partial charge < -0.3 is 16.4 Å². The van der Waals surface area contributed by atoms with E-state index in [-0.39, 0.29) is 11.6 Å². The lowest BCUT2D eigenvalue weighted by Gasteiger charge is -2.23. The van der Waals surface area contributed by atoms with E-state index >= 15 is 0 Å². The van der Waals surface area contributed by atoms with Gasteiger partial charge in [0.25, 0.3) is 0 Å². The smallest absolute Gasteiger partial charge is 0.228 e. The minimum absolute atomic E-state index is 0.309. The second-order valence-corrected chi connectivity index (χ2v) is 4.86. The summed E-state index contributed by atoms with van der Waals surface area (Å²) in [5.41, 5.74) is 27.3. The Balaban J connectivity index is 0.000000639. The van der Waals surface area contributed by atoms with Crippen LogP contribution in [-0.2, 0) is 9.59 Å². The van der Waals surface area contributed by atoms with Crippen molar-refractivity contribution in [1.82, 2.24) is 5.32 Å². The second kappa shape index (κ2) is 11.1. The van der Waals surface area contributed by atoms with Gasteiger partial charge in [-0.15, -0.1) is 5.53 Å². The summed E-state index contributed by atoms with van der Waals surface area (Å²) in [6.45, 7) is 3.90. The van der Waals surface area contributed by atoms with E-state index in [1.807, 2.05) is 13.0 Å². The van der Waals surface area contributed by atoms with Crippen LogP contribution in [0.25, 0.3) is 26.4 Å². The number of allylic oxidation sites excluding steroid dienone is 4. The zero-order valence-corrected chi connectivity index (χ0v) is 12.3. The number of Topliss-reactive ketones (excluding diaryl/α,β-unsaturated/α-hetero) is 1. The average Bonchev–Trinajstić information content (AvgIpc) is 2.47. The van der Waals surface area contributed by atoms with Gasteiger partial charge in [-0.05, 0) is 67.3 Å². The molecule has 0 bridgehead atoms. The highest BCUT2D eigenvalue weighted by atomic mass is 16.2. The van der Waals surface area contributed by atoms with Crippen LogP contribution >= 0.6 is 0 Å². The minimum Gasteiger partial charge on any atom is -0.373 e. The van der Waals surface area contributed by atoms with Crippen LogP contribution in [0.1, 0.15) is 26.2 Å². The van der Waals surface area contributed by atoms with Gasteiger partial charge in [-0.25, -0.2) is 0 Å². The van der Waals surface area contributed by atoms with Crippen LogP contribution in [0.5, 0.6) is 0 Å². The predicted octanol–water partition coefficient (Wildman–Crippen LogP) is 3.14. The largest absolute Gasteiger partial charge is 0.373 e. The van der Waals surface area contributed by atoms with Gasteiger partial charge in [-0.3, -0.25) is 14.5 Å². The Bertz CT molecular complexity index is 521. The fraction of sp³-hybridized carbons (Fsp3) is 0.538. The van der Waals surface area contributed by atoms with Crippen molar-refractivity contribution in [1.29, 1.82) is 5.53 Å². The van der Waals surface area contributed by atoms with Gasteiger partial charge in [-0.1, -0.05) is 6.08 Å². The zero-order chi connectivity index (χ0) is 17.0. The fourth-order valence-electron chi connectivity index (χ4n) is 2.37. The Morgan fingerprint density at radius 2 is 1.91 bits per heavy atom. The van der Waals surface area contributed by atoms with Gasteiger partial charge >= 0.3 is 0 Å². The van der Waals surface area contributed by atoms with Crippen LogP contribution < -0.4 is 5.32 Å². The number of carbonyl (C=O) groups excluding carboxylic acids is 2. The van der Waals surface area contributed by atoms with Gasteiger partial charge in [0.05, 0.1) is 0 Å². The Kier molecular flexibility index (Phi) is 9.79. The highest BCUT2D eigenvalue weighted by Crippen LogP contribution is 2.23. The minimum atomic E-state index is -0.362. The molecule has 0 saturated carbocycles. The van der Waals surface area contributed by atoms with Gasteiger partial charge in [0, 0.05) is 5.57 Å². The van der Waals surface area contributed by atoms with Crippen LogP contribution in [0.2, 0.25) is 0 Å². The predicted molar refractivity (Wildman–Crippen MR) is 81.6 cm³/mol. The van der Waals surface area contributed by atoms with Crippen LogP contribution in [0.3, 0.4) is 0 Å². The summed E-state index contributed by atoms with van der Waals surface area (Å²) < 4.78 is 0. The van der Waals surface area contributed by atoms with Crippen molar-refractivity contribution in [2.45, 2.75) is 26.2 Å². The summed E-state index contributed by atoms with van der Waals surface area (Å²) in [5, 5.41) is 3.32. The number of piperidine rings is 1. The normalized spacial score (nSPS) is 20.0. The zero-order valence-electron chi connectivity index (χ0n) is 12.3. The molecule has 0 aromatic rings. The van der Waals surface area contributed by atoms with Crippen molar-refractivity contribution in [2.75, 3.05) is 13.1 Å². The standard InChI is InChI=1S/C13H17NO2.HN3.N3/c1-9-5-11(13(16)12(15)6-9)7-10-3-2-4-14-8-10;2*1-3-2/h5-6,10,14H,2-4,7-8H2,1H3;1H;/q;;-1. The van der Waals surface area contributed by atoms with E-state index in [1.165, 1.54) is 11.0 Å². The maximum absolute atomic E-state index is 11.7. The van der Waals surface area contributed by atoms with Crippen molar-refractivity contribution >= 4 is 11.6 Å². The highest BCUT2D eigenvalue weighted by molar-refractivity contribution is 6.48. The van der Waals surface area contributed by atoms with E-state index in [1.54, 1.807) is 4.91 Å². The molecule has 1 aliphatic heterocycles. The summed E-state index contributed by atoms with van der Waals surface area (Å²) in [5.74, 6) is -0.169. The van der Waals surface area contributed by atoms with Crippen molar-refractivity contribution in [2.24, 2.45) is 5.92 Å². The third-order valence-electron chi connectivity index (χ3n) is 3.18. The summed E-state index contributed by atoms with van der Waals surface area (Å²) in [7, 11) is 0. The molecule has 1 aliphatic carbocycles. The molecular formula is C13H18N7O2-. The summed E-state index contributed by atoms with van der Waals surface area (Å²) in [6.07, 6.45) is 6.33. The second-order valence-electron chi connectivity index (χ2n) is 4.86. The van der Waals surface area contributed by atoms with E-state index in [0.29, 0.717) is 11.5 Å². The van der Waals surface area contributed by atoms with Gasteiger partial charge in [0.2, 0.25) is 11.6 Å². The molecule has 1 atom stereocenters. The molecule has 1 saturated heterocycles. The molecule has 0 radical (unpaired) electrons. The first-order chi connectivity index (χ1) is 10.5. The van der Waals surface area contributed by atoms with E-state index in [4.69, 9.17) is 22.1 Å². The lowest BCUT2D eigenvalue weighted by atomic mass is 9.87. The van der Waals surface area contributed by atoms with Crippen LogP contribution in [0, 0.1) is 11.4 Å². The number of nitrogens with one attached hydrogen (secondary N) is 2. The quantitative estimate of drug-likeness (QED) is 0.263. The monoisotopic (exact) mass is 304 g/mol. The molecule has 0 aromatic heterocycles. The summed E-state index contributed by atoms with van der Waals surface area (Å²) in [4.78, 5) is 26.3. The maximum Gasteiger partial charge on any atom is 0.228 e. The molecule has 1 unspecified atom stereocenters. The molecule has 2 rings (SSSR count). The molecule has 22 heavy (non-hydrogen) atoms. The van der Waals surface area contributed by atoms with E-state index < -0.39 is 0 Å². The number of hydrogen-bond acceptors (Lipinski definition) is 4. The first-order valence-corrected chi connectivity index (χ1v) is 6.67. The molecule has 0 aromatic carbocycles. The first kappa shape index (κ1) is 19.4. The van der Waals surface area contributed by atoms with Crippen LogP contribution in [0.4, 0.5) is 0 Å². The van der Waals surface area contributed by atoms with E-state index in [9.17, 15) is 9.59 Å². The van der Waals surface area contributed by atoms with Gasteiger partial charge in [-0.2, -0.15) is 0 Å². The first-order valence-electron chi connectivity index (χ1n) is 6.67. The van der Waals surface area contributed by atoms with Crippen molar-refractivity contribution in [3.63, 3.8) is 0 Å². The number of hydrogen-bond donors (Lipinski definition) is 2. The average molecular weight is 304 g/mol. The molecule has 2 aliphatic rings. The number of nitrogens with zero attached hydrogens (tertiary/aromatic N) is 5. The molecule has 9 heteroatoms. The molecule has 1 heterocycles. The van der Waals surface area contributed by atoms with Crippen molar-refractivity contribution in [3.05, 3.63) is 49.7 Å². The number of rotatable bonds is 2. The van der Waals surface area contributed by atoms with Gasteiger partial charge in [0.1, 0.15) is 0 Å². The molecule has 0 amide bonds. The van der Waals surface area contributed by atoms with E-state index in [2.05, 4.69) is 5.32 Å². The number of ketones is 2. The third-order valence-corrected chi connectivity index (χ3v) is 3.18. The molecule has 1 fully saturated rings. The van der Waals surface area contributed by atoms with Crippen LogP contribution in [-0.4, -0.2) is 24.7 Å². The number of carbonyl (C=O) groups is 2. The molecular weight excluding hydrogens is 286 g/mol. The highest BCUT2D eigenvalue weighted by Gasteiger charge is 2.24. The van der Waals surface area contributed by atoms with Crippen molar-refractivity contribution in [3.8, 4) is 0 Å². The van der Waals surface area contributed by atoms with Gasteiger partial charge in [0.15, 0.2) is 0 Å². The van der Waals surface area contributed by atoms with Crippen LogP contribution in [0.15, 0.2) is 23.3 Å². The fourth-order valence-corrected chi connectivity index (χ4v) is 2.37. The molecule has 9 nitrogen and oxygen atoms in total.